The van der Waals surface area contributed by atoms with Crippen molar-refractivity contribution in [3.05, 3.63) is 71.3 Å². The number of H-pyrrole nitrogens is 2. The second kappa shape index (κ2) is 14.2. The number of nitrogens with one attached hydrogen (secondary N) is 2. The van der Waals surface area contributed by atoms with Crippen molar-refractivity contribution in [3.8, 4) is 0 Å². The lowest BCUT2D eigenvalue weighted by atomic mass is 10.0. The minimum absolute atomic E-state index is 0. The fraction of sp³-hybridized carbons (Fsp3) is 0.355. The van der Waals surface area contributed by atoms with Crippen molar-refractivity contribution < 1.29 is 0 Å². The Morgan fingerprint density at radius 1 is 0.568 bits per heavy atom. The molecule has 0 saturated heterocycles. The van der Waals surface area contributed by atoms with Gasteiger partial charge in [0.25, 0.3) is 0 Å². The summed E-state index contributed by atoms with van der Waals surface area (Å²) in [5.41, 5.74) is 9.53. The van der Waals surface area contributed by atoms with Crippen molar-refractivity contribution in [2.45, 2.75) is 71.1 Å². The molecule has 8 bridgehead atoms. The second-order valence-corrected chi connectivity index (χ2v) is 9.78. The van der Waals surface area contributed by atoms with Crippen molar-refractivity contribution >= 4 is 70.7 Å². The van der Waals surface area contributed by atoms with E-state index in [1.165, 1.54) is 63.4 Å². The van der Waals surface area contributed by atoms with Gasteiger partial charge in [-0.15, -0.1) is 24.8 Å². The molecule has 4 nitrogen and oxygen atoms in total. The number of rotatable bonds is 10. The lowest BCUT2D eigenvalue weighted by Crippen LogP contribution is -1.86. The summed E-state index contributed by atoms with van der Waals surface area (Å²) in [6.07, 6.45) is 19.6. The highest BCUT2D eigenvalue weighted by Crippen LogP contribution is 2.28. The Balaban J connectivity index is 0.00000190. The zero-order valence-electron chi connectivity index (χ0n) is 21.6. The van der Waals surface area contributed by atoms with E-state index >= 15 is 0 Å². The first-order valence-electron chi connectivity index (χ1n) is 13.3. The zero-order chi connectivity index (χ0) is 23.9. The number of hydrogen-bond donors (Lipinski definition) is 2. The first kappa shape index (κ1) is 28.7. The number of allylic oxidation sites excluding steroid dienone is 1. The van der Waals surface area contributed by atoms with E-state index in [0.29, 0.717) is 0 Å². The lowest BCUT2D eigenvalue weighted by molar-refractivity contribution is 0.567. The fourth-order valence-corrected chi connectivity index (χ4v) is 4.90. The maximum Gasteiger partial charge on any atom is 0.0691 e. The van der Waals surface area contributed by atoms with E-state index in [0.717, 1.165) is 51.3 Å². The molecule has 5 heterocycles. The van der Waals surface area contributed by atoms with Crippen molar-refractivity contribution in [1.29, 1.82) is 0 Å². The molecule has 2 aliphatic heterocycles. The number of fused-ring (bicyclic) bond motifs is 8. The summed E-state index contributed by atoms with van der Waals surface area (Å²) in [5, 5.41) is 0. The quantitative estimate of drug-likeness (QED) is 0.198. The van der Waals surface area contributed by atoms with Crippen LogP contribution < -0.4 is 0 Å². The molecule has 0 aliphatic carbocycles. The van der Waals surface area contributed by atoms with Crippen LogP contribution in [-0.4, -0.2) is 19.9 Å². The summed E-state index contributed by atoms with van der Waals surface area (Å²) in [4.78, 5) is 16.7. The predicted octanol–water partition coefficient (Wildman–Crippen LogP) is 9.79. The molecule has 2 N–H and O–H groups in total. The van der Waals surface area contributed by atoms with Gasteiger partial charge in [0.2, 0.25) is 0 Å². The average Bonchev–Trinajstić information content (AvgIpc) is 3.64. The second-order valence-electron chi connectivity index (χ2n) is 9.78. The Kier molecular flexibility index (Phi) is 11.0. The first-order chi connectivity index (χ1) is 17.2. The number of aromatic amines is 2. The van der Waals surface area contributed by atoms with Gasteiger partial charge >= 0.3 is 0 Å². The van der Waals surface area contributed by atoms with Gasteiger partial charge in [-0.2, -0.15) is 0 Å². The van der Waals surface area contributed by atoms with Crippen LogP contribution in [0.4, 0.5) is 0 Å². The van der Waals surface area contributed by atoms with Gasteiger partial charge in [-0.05, 0) is 85.2 Å². The van der Waals surface area contributed by atoms with Gasteiger partial charge < -0.3 is 9.97 Å². The van der Waals surface area contributed by atoms with Gasteiger partial charge in [-0.3, -0.25) is 0 Å². The summed E-state index contributed by atoms with van der Waals surface area (Å²) in [5.74, 6) is 0. The van der Waals surface area contributed by atoms with Crippen LogP contribution in [0.1, 0.15) is 93.9 Å². The first-order valence-corrected chi connectivity index (χ1v) is 13.3. The molecule has 5 rings (SSSR count). The molecule has 0 atom stereocenters. The molecule has 3 aromatic rings. The Morgan fingerprint density at radius 2 is 1.08 bits per heavy atom. The fourth-order valence-electron chi connectivity index (χ4n) is 4.90. The largest absolute Gasteiger partial charge is 0.355 e. The maximum atomic E-state index is 4.98. The summed E-state index contributed by atoms with van der Waals surface area (Å²) >= 11 is 0. The molecule has 0 aromatic carbocycles. The lowest BCUT2D eigenvalue weighted by Gasteiger charge is -2.03. The van der Waals surface area contributed by atoms with E-state index < -0.39 is 0 Å². The number of halogens is 2. The van der Waals surface area contributed by atoms with Gasteiger partial charge in [0.05, 0.1) is 22.8 Å². The molecular weight excluding hydrogens is 499 g/mol. The average molecular weight is 538 g/mol. The van der Waals surface area contributed by atoms with Crippen LogP contribution in [0.2, 0.25) is 0 Å². The molecule has 0 radical (unpaired) electrons. The normalized spacial score (nSPS) is 12.1. The molecule has 3 aromatic heterocycles. The van der Waals surface area contributed by atoms with Crippen LogP contribution in [0.5, 0.6) is 0 Å². The van der Waals surface area contributed by atoms with E-state index in [1.807, 2.05) is 0 Å². The molecule has 0 unspecified atom stereocenters. The minimum atomic E-state index is 0. The third kappa shape index (κ3) is 8.08. The Bertz CT molecular complexity index is 1380. The zero-order valence-corrected chi connectivity index (χ0v) is 23.3. The van der Waals surface area contributed by atoms with Crippen LogP contribution in [0.15, 0.2) is 48.5 Å². The third-order valence-corrected chi connectivity index (χ3v) is 6.80. The Morgan fingerprint density at radius 3 is 1.70 bits per heavy atom. The molecule has 196 valence electrons. The van der Waals surface area contributed by atoms with Crippen molar-refractivity contribution in [2.75, 3.05) is 0 Å². The van der Waals surface area contributed by atoms with E-state index in [4.69, 9.17) is 9.97 Å². The van der Waals surface area contributed by atoms with Crippen LogP contribution in [-0.2, 0) is 0 Å². The van der Waals surface area contributed by atoms with Crippen molar-refractivity contribution in [2.24, 2.45) is 0 Å². The summed E-state index contributed by atoms with van der Waals surface area (Å²) < 4.78 is 0. The van der Waals surface area contributed by atoms with Gasteiger partial charge in [-0.1, -0.05) is 58.3 Å². The summed E-state index contributed by atoms with van der Waals surface area (Å²) in [6.45, 7) is 2.28. The van der Waals surface area contributed by atoms with E-state index in [9.17, 15) is 0 Å². The van der Waals surface area contributed by atoms with E-state index in [-0.39, 0.29) is 24.8 Å². The summed E-state index contributed by atoms with van der Waals surface area (Å²) in [7, 11) is 0. The van der Waals surface area contributed by atoms with E-state index in [1.54, 1.807) is 0 Å². The Hall–Kier alpha value is -2.82. The van der Waals surface area contributed by atoms with Gasteiger partial charge in [0.1, 0.15) is 0 Å². The molecule has 37 heavy (non-hydrogen) atoms. The highest BCUT2D eigenvalue weighted by molar-refractivity contribution is 5.86. The minimum Gasteiger partial charge on any atom is -0.355 e. The SMILES string of the molecule is CCCCCCCCCCCC1=Cc2cc3ccc(cc4ccc(cc5nc(cc1n2)C=C5)[nH]4)[nH]3.Cl.Cl. The standard InChI is InChI=1S/C31H36N4.2ClH/c1-2-3-4-5-6-7-8-9-10-11-23-18-30-21-28-15-14-26(33-28)19-24-12-13-25(32-24)20-27-16-17-29(34-27)22-31(23)35-30;;/h12-22,32-33H,2-11H2,1H3;2*1H. The summed E-state index contributed by atoms with van der Waals surface area (Å²) in [6, 6.07) is 16.9. The molecule has 0 amide bonds. The Labute approximate surface area is 232 Å². The molecule has 0 spiro atoms. The molecule has 0 fully saturated rings. The molecule has 0 saturated carbocycles. The topological polar surface area (TPSA) is 57.4 Å². The van der Waals surface area contributed by atoms with Crippen LogP contribution in [0.3, 0.4) is 0 Å². The maximum absolute atomic E-state index is 4.98. The smallest absolute Gasteiger partial charge is 0.0691 e. The number of nitrogens with zero attached hydrogens (tertiary/aromatic N) is 2. The number of unbranched alkanes of at least 4 members (excludes halogenated alkanes) is 8. The molecular formula is C31H38Cl2N4. The molecule has 2 aliphatic rings. The van der Waals surface area contributed by atoms with Crippen LogP contribution >= 0.6 is 24.8 Å². The van der Waals surface area contributed by atoms with Crippen molar-refractivity contribution in [1.82, 2.24) is 19.9 Å². The van der Waals surface area contributed by atoms with Crippen molar-refractivity contribution in [3.63, 3.8) is 0 Å². The predicted molar refractivity (Wildman–Crippen MR) is 164 cm³/mol. The molecule has 6 heteroatoms. The number of hydrogen-bond acceptors (Lipinski definition) is 2. The van der Waals surface area contributed by atoms with E-state index in [2.05, 4.69) is 83.7 Å². The van der Waals surface area contributed by atoms with Gasteiger partial charge in [-0.25, -0.2) is 9.97 Å². The van der Waals surface area contributed by atoms with Gasteiger partial charge in [0.15, 0.2) is 0 Å². The highest BCUT2D eigenvalue weighted by Gasteiger charge is 2.11. The highest BCUT2D eigenvalue weighted by atomic mass is 35.5. The monoisotopic (exact) mass is 536 g/mol. The third-order valence-electron chi connectivity index (χ3n) is 6.80. The number of aromatic nitrogens is 4. The van der Waals surface area contributed by atoms with Crippen LogP contribution in [0, 0.1) is 0 Å². The van der Waals surface area contributed by atoms with Crippen LogP contribution in [0.25, 0.3) is 45.9 Å². The van der Waals surface area contributed by atoms with Gasteiger partial charge in [0, 0.05) is 22.1 Å².